The van der Waals surface area contributed by atoms with Crippen LogP contribution in [0.1, 0.15) is 6.42 Å². The van der Waals surface area contributed by atoms with Gasteiger partial charge >= 0.3 is 0 Å². The number of carbonyl (C=O) groups is 2. The van der Waals surface area contributed by atoms with E-state index in [4.69, 9.17) is 5.73 Å². The lowest BCUT2D eigenvalue weighted by atomic mass is 10.3. The van der Waals surface area contributed by atoms with Gasteiger partial charge in [0.25, 0.3) is 0 Å². The summed E-state index contributed by atoms with van der Waals surface area (Å²) in [5.74, 6) is -0.287. The Balaban J connectivity index is 2.17. The van der Waals surface area contributed by atoms with E-state index in [9.17, 15) is 9.59 Å². The highest BCUT2D eigenvalue weighted by molar-refractivity contribution is 9.10. The molecule has 2 rings (SSSR count). The second-order valence-corrected chi connectivity index (χ2v) is 5.94. The van der Waals surface area contributed by atoms with E-state index in [1.54, 1.807) is 6.07 Å². The molecule has 90 valence electrons. The molecule has 0 spiro atoms. The molecule has 17 heavy (non-hydrogen) atoms. The Morgan fingerprint density at radius 3 is 2.71 bits per heavy atom. The molecular weight excluding hydrogens is 304 g/mol. The van der Waals surface area contributed by atoms with Gasteiger partial charge in [-0.15, -0.1) is 11.8 Å². The average Bonchev–Trinajstić information content (AvgIpc) is 2.50. The first-order valence-corrected chi connectivity index (χ1v) is 6.68. The number of rotatable bonds is 2. The van der Waals surface area contributed by atoms with Crippen molar-refractivity contribution in [2.45, 2.75) is 16.6 Å². The van der Waals surface area contributed by atoms with Gasteiger partial charge in [-0.05, 0) is 18.2 Å². The maximum Gasteiger partial charge on any atom is 0.242 e. The summed E-state index contributed by atoms with van der Waals surface area (Å²) < 4.78 is 0.894. The van der Waals surface area contributed by atoms with Crippen molar-refractivity contribution in [3.05, 3.63) is 22.7 Å². The summed E-state index contributed by atoms with van der Waals surface area (Å²) in [6.45, 7) is 0. The molecule has 1 aliphatic rings. The Labute approximate surface area is 112 Å². The lowest BCUT2D eigenvalue weighted by Crippen LogP contribution is -2.26. The van der Waals surface area contributed by atoms with Crippen molar-refractivity contribution >= 4 is 45.2 Å². The second-order valence-electron chi connectivity index (χ2n) is 3.78. The van der Waals surface area contributed by atoms with Gasteiger partial charge < -0.3 is 5.73 Å². The third kappa shape index (κ3) is 2.47. The first kappa shape index (κ1) is 12.4. The Morgan fingerprint density at radius 1 is 1.47 bits per heavy atom. The zero-order chi connectivity index (χ0) is 12.6. The quantitative estimate of drug-likeness (QED) is 0.668. The van der Waals surface area contributed by atoms with Crippen LogP contribution in [0.25, 0.3) is 0 Å². The van der Waals surface area contributed by atoms with Gasteiger partial charge in [-0.3, -0.25) is 14.5 Å². The highest BCUT2D eigenvalue weighted by Gasteiger charge is 2.36. The molecular formula is C11H11BrN2O2S. The molecule has 0 radical (unpaired) electrons. The topological polar surface area (TPSA) is 63.4 Å². The van der Waals surface area contributed by atoms with Crippen molar-refractivity contribution in [1.82, 2.24) is 4.90 Å². The number of nitrogens with zero attached hydrogens (tertiary/aromatic N) is 1. The molecule has 6 heteroatoms. The lowest BCUT2D eigenvalue weighted by Gasteiger charge is -2.10. The summed E-state index contributed by atoms with van der Waals surface area (Å²) in [6.07, 6.45) is 0.246. The number of hydrogen-bond acceptors (Lipinski definition) is 4. The number of nitrogens with two attached hydrogens (primary N) is 1. The number of anilines is 1. The van der Waals surface area contributed by atoms with E-state index >= 15 is 0 Å². The van der Waals surface area contributed by atoms with Crippen molar-refractivity contribution in [1.29, 1.82) is 0 Å². The van der Waals surface area contributed by atoms with Crippen LogP contribution in [0.15, 0.2) is 27.6 Å². The van der Waals surface area contributed by atoms with Crippen LogP contribution in [0.3, 0.4) is 0 Å². The van der Waals surface area contributed by atoms with Crippen LogP contribution in [-0.2, 0) is 9.59 Å². The minimum absolute atomic E-state index is 0.136. The fraction of sp³-hybridized carbons (Fsp3) is 0.273. The van der Waals surface area contributed by atoms with Crippen LogP contribution < -0.4 is 5.73 Å². The molecule has 0 bridgehead atoms. The highest BCUT2D eigenvalue weighted by Crippen LogP contribution is 2.35. The Kier molecular flexibility index (Phi) is 3.44. The third-order valence-corrected chi connectivity index (χ3v) is 4.35. The summed E-state index contributed by atoms with van der Waals surface area (Å²) in [6, 6.07) is 5.50. The van der Waals surface area contributed by atoms with Gasteiger partial charge in [0, 0.05) is 28.5 Å². The standard InChI is InChI=1S/C11H11BrN2O2S/c1-14-10(15)5-9(11(14)16)17-8-3-2-6(12)4-7(8)13/h2-4,9H,5,13H2,1H3. The van der Waals surface area contributed by atoms with Crippen LogP contribution in [0, 0.1) is 0 Å². The highest BCUT2D eigenvalue weighted by atomic mass is 79.9. The van der Waals surface area contributed by atoms with Crippen molar-refractivity contribution < 1.29 is 9.59 Å². The second kappa shape index (κ2) is 4.70. The number of hydrogen-bond donors (Lipinski definition) is 1. The van der Waals surface area contributed by atoms with Gasteiger partial charge in [0.05, 0.1) is 5.25 Å². The number of carbonyl (C=O) groups excluding carboxylic acids is 2. The number of amides is 2. The number of benzene rings is 1. The SMILES string of the molecule is CN1C(=O)CC(Sc2ccc(Br)cc2N)C1=O. The van der Waals surface area contributed by atoms with E-state index in [0.717, 1.165) is 9.37 Å². The molecule has 1 heterocycles. The number of halogens is 1. The van der Waals surface area contributed by atoms with Crippen molar-refractivity contribution in [3.8, 4) is 0 Å². The molecule has 1 atom stereocenters. The fourth-order valence-electron chi connectivity index (χ4n) is 1.59. The minimum atomic E-state index is -0.351. The summed E-state index contributed by atoms with van der Waals surface area (Å²) in [4.78, 5) is 25.1. The molecule has 1 aromatic rings. The van der Waals surface area contributed by atoms with Crippen LogP contribution in [0.5, 0.6) is 0 Å². The minimum Gasteiger partial charge on any atom is -0.398 e. The first-order valence-electron chi connectivity index (χ1n) is 5.01. The molecule has 2 N–H and O–H groups in total. The van der Waals surface area contributed by atoms with E-state index in [1.807, 2.05) is 12.1 Å². The van der Waals surface area contributed by atoms with Gasteiger partial charge in [-0.25, -0.2) is 0 Å². The third-order valence-electron chi connectivity index (χ3n) is 2.58. The number of nitrogen functional groups attached to an aromatic ring is 1. The van der Waals surface area contributed by atoms with Gasteiger partial charge in [0.1, 0.15) is 0 Å². The molecule has 2 amide bonds. The van der Waals surface area contributed by atoms with Gasteiger partial charge in [0.2, 0.25) is 11.8 Å². The molecule has 1 fully saturated rings. The normalized spacial score (nSPS) is 20.1. The van der Waals surface area contributed by atoms with Crippen LogP contribution in [0.4, 0.5) is 5.69 Å². The number of thioether (sulfide) groups is 1. The van der Waals surface area contributed by atoms with E-state index in [-0.39, 0.29) is 23.5 Å². The number of likely N-dealkylation sites (tertiary alicyclic amines) is 1. The predicted octanol–water partition coefficient (Wildman–Crippen LogP) is 1.88. The van der Waals surface area contributed by atoms with Crippen molar-refractivity contribution in [2.75, 3.05) is 12.8 Å². The maximum absolute atomic E-state index is 11.7. The smallest absolute Gasteiger partial charge is 0.242 e. The number of imide groups is 1. The molecule has 0 aromatic heterocycles. The summed E-state index contributed by atoms with van der Waals surface area (Å²) in [5.41, 5.74) is 6.46. The van der Waals surface area contributed by atoms with E-state index in [0.29, 0.717) is 5.69 Å². The monoisotopic (exact) mass is 314 g/mol. The summed E-state index contributed by atoms with van der Waals surface area (Å²) >= 11 is 4.67. The van der Waals surface area contributed by atoms with E-state index < -0.39 is 0 Å². The molecule has 0 aliphatic carbocycles. The van der Waals surface area contributed by atoms with Crippen LogP contribution >= 0.6 is 27.7 Å². The largest absolute Gasteiger partial charge is 0.398 e. The fourth-order valence-corrected chi connectivity index (χ4v) is 3.11. The molecule has 1 saturated heterocycles. The first-order chi connectivity index (χ1) is 7.99. The van der Waals surface area contributed by atoms with E-state index in [2.05, 4.69) is 15.9 Å². The molecule has 1 unspecified atom stereocenters. The van der Waals surface area contributed by atoms with Gasteiger partial charge in [-0.1, -0.05) is 15.9 Å². The molecule has 1 aliphatic heterocycles. The average molecular weight is 315 g/mol. The van der Waals surface area contributed by atoms with E-state index in [1.165, 1.54) is 23.7 Å². The van der Waals surface area contributed by atoms with Gasteiger partial charge in [0.15, 0.2) is 0 Å². The van der Waals surface area contributed by atoms with Gasteiger partial charge in [-0.2, -0.15) is 0 Å². The van der Waals surface area contributed by atoms with Crippen LogP contribution in [0.2, 0.25) is 0 Å². The molecule has 1 aromatic carbocycles. The maximum atomic E-state index is 11.7. The zero-order valence-electron chi connectivity index (χ0n) is 9.14. The lowest BCUT2D eigenvalue weighted by molar-refractivity contribution is -0.136. The summed E-state index contributed by atoms with van der Waals surface area (Å²) in [5, 5.41) is -0.351. The zero-order valence-corrected chi connectivity index (χ0v) is 11.5. The predicted molar refractivity (Wildman–Crippen MR) is 70.6 cm³/mol. The Hall–Kier alpha value is -1.01. The molecule has 0 saturated carbocycles. The van der Waals surface area contributed by atoms with Crippen molar-refractivity contribution in [3.63, 3.8) is 0 Å². The van der Waals surface area contributed by atoms with Crippen molar-refractivity contribution in [2.24, 2.45) is 0 Å². The Morgan fingerprint density at radius 2 is 2.18 bits per heavy atom. The molecule has 4 nitrogen and oxygen atoms in total. The summed E-state index contributed by atoms with van der Waals surface area (Å²) in [7, 11) is 1.51. The Bertz CT molecular complexity index is 492. The van der Waals surface area contributed by atoms with Crippen LogP contribution in [-0.4, -0.2) is 29.0 Å².